The number of amides is 1. The molecule has 1 heterocycles. The van der Waals surface area contributed by atoms with Crippen molar-refractivity contribution in [3.63, 3.8) is 0 Å². The van der Waals surface area contributed by atoms with E-state index in [0.29, 0.717) is 5.92 Å². The number of methoxy groups -OCH3 is 1. The van der Waals surface area contributed by atoms with E-state index >= 15 is 0 Å². The van der Waals surface area contributed by atoms with Crippen molar-refractivity contribution in [1.82, 2.24) is 4.90 Å². The first-order chi connectivity index (χ1) is 10.1. The Morgan fingerprint density at radius 3 is 2.55 bits per heavy atom. The highest BCUT2D eigenvalue weighted by Crippen LogP contribution is 2.35. The maximum atomic E-state index is 12.2. The number of ether oxygens (including phenoxy) is 1. The zero-order valence-electron chi connectivity index (χ0n) is 13.1. The molecule has 1 aliphatic heterocycles. The summed E-state index contributed by atoms with van der Waals surface area (Å²) in [5.41, 5.74) is 6.76. The summed E-state index contributed by atoms with van der Waals surface area (Å²) in [5.74, 6) is 1.76. The number of nitrogens with zero attached hydrogens (tertiary/aromatic N) is 1. The molecule has 0 spiro atoms. The maximum absolute atomic E-state index is 12.2. The van der Waals surface area contributed by atoms with Crippen LogP contribution in [0.15, 0.2) is 24.3 Å². The average molecular weight is 325 g/mol. The van der Waals surface area contributed by atoms with Gasteiger partial charge in [-0.3, -0.25) is 4.79 Å². The zero-order chi connectivity index (χ0) is 14.9. The van der Waals surface area contributed by atoms with Crippen LogP contribution in [0.1, 0.15) is 31.2 Å². The number of benzene rings is 1. The fraction of sp³-hybridized carbons (Fsp3) is 0.588. The minimum absolute atomic E-state index is 0. The van der Waals surface area contributed by atoms with Gasteiger partial charge in [0.15, 0.2) is 0 Å². The summed E-state index contributed by atoms with van der Waals surface area (Å²) in [4.78, 5) is 14.2. The second kappa shape index (κ2) is 6.88. The molecule has 1 aliphatic carbocycles. The quantitative estimate of drug-likeness (QED) is 0.925. The molecule has 2 N–H and O–H groups in total. The molecule has 3 rings (SSSR count). The lowest BCUT2D eigenvalue weighted by molar-refractivity contribution is -0.135. The van der Waals surface area contributed by atoms with Crippen molar-refractivity contribution in [1.29, 1.82) is 0 Å². The van der Waals surface area contributed by atoms with Gasteiger partial charge in [0, 0.05) is 13.1 Å². The normalized spacial score (nSPS) is 20.2. The average Bonchev–Trinajstić information content (AvgIpc) is 3.27. The van der Waals surface area contributed by atoms with E-state index in [4.69, 9.17) is 10.5 Å². The van der Waals surface area contributed by atoms with Crippen LogP contribution in [0.4, 0.5) is 0 Å². The molecule has 0 atom stereocenters. The minimum atomic E-state index is -0.518. The van der Waals surface area contributed by atoms with Crippen LogP contribution in [0.3, 0.4) is 0 Å². The van der Waals surface area contributed by atoms with Crippen LogP contribution < -0.4 is 10.5 Å². The summed E-state index contributed by atoms with van der Waals surface area (Å²) >= 11 is 0. The molecule has 122 valence electrons. The molecule has 1 saturated carbocycles. The highest BCUT2D eigenvalue weighted by atomic mass is 35.5. The van der Waals surface area contributed by atoms with Crippen molar-refractivity contribution < 1.29 is 9.53 Å². The Hall–Kier alpha value is -1.26. The topological polar surface area (TPSA) is 55.6 Å². The summed E-state index contributed by atoms with van der Waals surface area (Å²) in [7, 11) is 1.72. The predicted octanol–water partition coefficient (Wildman–Crippen LogP) is 2.39. The van der Waals surface area contributed by atoms with Gasteiger partial charge in [0.2, 0.25) is 5.91 Å². The molecule has 4 nitrogen and oxygen atoms in total. The van der Waals surface area contributed by atoms with E-state index in [2.05, 4.69) is 12.1 Å². The number of para-hydroxylation sites is 1. The van der Waals surface area contributed by atoms with Crippen LogP contribution in [-0.4, -0.2) is 36.5 Å². The van der Waals surface area contributed by atoms with Crippen molar-refractivity contribution >= 4 is 18.3 Å². The molecular weight excluding hydrogens is 300 g/mol. The first-order valence-electron chi connectivity index (χ1n) is 7.82. The summed E-state index contributed by atoms with van der Waals surface area (Å²) in [6, 6.07) is 8.20. The number of piperidine rings is 1. The summed E-state index contributed by atoms with van der Waals surface area (Å²) in [5, 5.41) is 0. The van der Waals surface area contributed by atoms with Crippen molar-refractivity contribution in [3.8, 4) is 5.75 Å². The molecule has 0 aromatic heterocycles. The third-order valence-corrected chi connectivity index (χ3v) is 4.82. The first-order valence-corrected chi connectivity index (χ1v) is 7.82. The Morgan fingerprint density at radius 1 is 1.32 bits per heavy atom. The minimum Gasteiger partial charge on any atom is -0.496 e. The summed E-state index contributed by atoms with van der Waals surface area (Å²) in [6.07, 6.45) is 4.85. The molecule has 2 aliphatic rings. The smallest absolute Gasteiger partial charge is 0.242 e. The standard InChI is InChI=1S/C17H24N2O2.ClH/c1-21-15-5-3-2-4-14(15)12-13-6-10-19(11-7-13)16(20)17(18)8-9-17;/h2-5,13H,6-12,18H2,1H3;1H. The molecule has 0 unspecified atom stereocenters. The van der Waals surface area contributed by atoms with Gasteiger partial charge >= 0.3 is 0 Å². The molecular formula is C17H25ClN2O2. The number of hydrogen-bond acceptors (Lipinski definition) is 3. The summed E-state index contributed by atoms with van der Waals surface area (Å²) in [6.45, 7) is 1.69. The van der Waals surface area contributed by atoms with E-state index in [1.54, 1.807) is 7.11 Å². The third-order valence-electron chi connectivity index (χ3n) is 4.82. The van der Waals surface area contributed by atoms with Gasteiger partial charge in [-0.15, -0.1) is 12.4 Å². The van der Waals surface area contributed by atoms with Crippen molar-refractivity contribution in [2.75, 3.05) is 20.2 Å². The van der Waals surface area contributed by atoms with Gasteiger partial charge in [0.1, 0.15) is 5.75 Å². The Morgan fingerprint density at radius 2 is 1.95 bits per heavy atom. The molecule has 5 heteroatoms. The van der Waals surface area contributed by atoms with Crippen LogP contribution >= 0.6 is 12.4 Å². The van der Waals surface area contributed by atoms with Gasteiger partial charge in [0.05, 0.1) is 12.6 Å². The van der Waals surface area contributed by atoms with E-state index < -0.39 is 5.54 Å². The highest BCUT2D eigenvalue weighted by Gasteiger charge is 2.48. The van der Waals surface area contributed by atoms with Crippen molar-refractivity contribution in [3.05, 3.63) is 29.8 Å². The number of rotatable bonds is 4. The molecule has 22 heavy (non-hydrogen) atoms. The maximum Gasteiger partial charge on any atom is 0.242 e. The number of likely N-dealkylation sites (tertiary alicyclic amines) is 1. The lowest BCUT2D eigenvalue weighted by Crippen LogP contribution is -2.48. The second-order valence-electron chi connectivity index (χ2n) is 6.41. The molecule has 0 radical (unpaired) electrons. The number of hydrogen-bond donors (Lipinski definition) is 1. The first kappa shape index (κ1) is 17.1. The Kier molecular flexibility index (Phi) is 5.35. The van der Waals surface area contributed by atoms with Crippen LogP contribution in [0.5, 0.6) is 5.75 Å². The van der Waals surface area contributed by atoms with Crippen LogP contribution in [0, 0.1) is 5.92 Å². The third kappa shape index (κ3) is 3.55. The molecule has 1 aromatic carbocycles. The fourth-order valence-electron chi connectivity index (χ4n) is 3.19. The predicted molar refractivity (Wildman–Crippen MR) is 89.4 cm³/mol. The Balaban J connectivity index is 0.00000176. The monoisotopic (exact) mass is 324 g/mol. The Labute approximate surface area is 138 Å². The van der Waals surface area contributed by atoms with Crippen molar-refractivity contribution in [2.45, 2.75) is 37.6 Å². The van der Waals surface area contributed by atoms with Crippen LogP contribution in [0.2, 0.25) is 0 Å². The van der Waals surface area contributed by atoms with Crippen LogP contribution in [0.25, 0.3) is 0 Å². The molecule has 1 amide bonds. The highest BCUT2D eigenvalue weighted by molar-refractivity contribution is 5.89. The van der Waals surface area contributed by atoms with Gasteiger partial charge in [0.25, 0.3) is 0 Å². The van der Waals surface area contributed by atoms with Gasteiger partial charge in [-0.1, -0.05) is 18.2 Å². The number of carbonyl (C=O) groups is 1. The van der Waals surface area contributed by atoms with E-state index in [1.807, 2.05) is 17.0 Å². The van der Waals surface area contributed by atoms with E-state index in [9.17, 15) is 4.79 Å². The number of nitrogens with two attached hydrogens (primary N) is 1. The van der Waals surface area contributed by atoms with Crippen molar-refractivity contribution in [2.24, 2.45) is 11.7 Å². The van der Waals surface area contributed by atoms with Crippen LogP contribution in [-0.2, 0) is 11.2 Å². The van der Waals surface area contributed by atoms with Gasteiger partial charge in [-0.05, 0) is 49.7 Å². The van der Waals surface area contributed by atoms with Gasteiger partial charge in [-0.25, -0.2) is 0 Å². The fourth-order valence-corrected chi connectivity index (χ4v) is 3.19. The lowest BCUT2D eigenvalue weighted by atomic mass is 9.89. The second-order valence-corrected chi connectivity index (χ2v) is 6.41. The molecule has 1 aromatic rings. The van der Waals surface area contributed by atoms with E-state index in [-0.39, 0.29) is 18.3 Å². The van der Waals surface area contributed by atoms with Gasteiger partial charge < -0.3 is 15.4 Å². The largest absolute Gasteiger partial charge is 0.496 e. The number of carbonyl (C=O) groups excluding carboxylic acids is 1. The Bertz CT molecular complexity index is 523. The SMILES string of the molecule is COc1ccccc1CC1CCN(C(=O)C2(N)CC2)CC1.Cl. The number of halogens is 1. The van der Waals surface area contributed by atoms with E-state index in [0.717, 1.165) is 50.9 Å². The van der Waals surface area contributed by atoms with E-state index in [1.165, 1.54) is 5.56 Å². The summed E-state index contributed by atoms with van der Waals surface area (Å²) < 4.78 is 5.42. The molecule has 1 saturated heterocycles. The molecule has 0 bridgehead atoms. The lowest BCUT2D eigenvalue weighted by Gasteiger charge is -2.33. The zero-order valence-corrected chi connectivity index (χ0v) is 13.9. The molecule has 2 fully saturated rings. The van der Waals surface area contributed by atoms with Gasteiger partial charge in [-0.2, -0.15) is 0 Å².